The number of nitrogens with two attached hydrogens (primary N) is 1. The van der Waals surface area contributed by atoms with Crippen molar-refractivity contribution in [2.75, 3.05) is 30.4 Å². The molecular weight excluding hydrogens is 470 g/mol. The van der Waals surface area contributed by atoms with E-state index in [9.17, 15) is 9.50 Å². The van der Waals surface area contributed by atoms with Crippen LogP contribution in [0.15, 0.2) is 18.5 Å². The molecule has 1 saturated carbocycles. The zero-order valence-electron chi connectivity index (χ0n) is 19.8. The third kappa shape index (κ3) is 3.43. The van der Waals surface area contributed by atoms with Crippen LogP contribution in [0.3, 0.4) is 0 Å². The lowest BCUT2D eigenvalue weighted by atomic mass is 9.64. The third-order valence-electron chi connectivity index (χ3n) is 7.51. The average Bonchev–Trinajstić information content (AvgIpc) is 3.49. The number of anilines is 2. The van der Waals surface area contributed by atoms with Crippen LogP contribution in [0.4, 0.5) is 20.3 Å². The van der Waals surface area contributed by atoms with E-state index >= 15 is 4.39 Å². The number of nitrogens with zero attached hydrogens (tertiary/aromatic N) is 5. The largest absolute Gasteiger partial charge is 0.421 e. The van der Waals surface area contributed by atoms with E-state index in [1.165, 1.54) is 12.4 Å². The Hall–Kier alpha value is -3.64. The number of hydrogen-bond acceptors (Lipinski definition) is 9. The Morgan fingerprint density at radius 3 is 2.64 bits per heavy atom. The summed E-state index contributed by atoms with van der Waals surface area (Å²) in [5, 5.41) is 13.0. The minimum Gasteiger partial charge on any atom is -0.421 e. The van der Waals surface area contributed by atoms with E-state index < -0.39 is 17.7 Å². The van der Waals surface area contributed by atoms with Crippen molar-refractivity contribution in [3.05, 3.63) is 35.9 Å². The minimum absolute atomic E-state index is 0.00296. The first kappa shape index (κ1) is 22.8. The zero-order chi connectivity index (χ0) is 25.2. The molecule has 2 fully saturated rings. The Labute approximate surface area is 204 Å². The van der Waals surface area contributed by atoms with Gasteiger partial charge in [-0.15, -0.1) is 0 Å². The highest BCUT2D eigenvalue weighted by Crippen LogP contribution is 2.49. The molecule has 4 aromatic rings. The summed E-state index contributed by atoms with van der Waals surface area (Å²) < 4.78 is 35.6. The number of rotatable bonds is 5. The Balaban J connectivity index is 1.51. The normalized spacial score (nSPS) is 22.4. The fraction of sp³-hybridized carbons (Fsp3) is 0.417. The second-order valence-corrected chi connectivity index (χ2v) is 9.63. The van der Waals surface area contributed by atoms with E-state index in [2.05, 4.69) is 35.1 Å². The predicted octanol–water partition coefficient (Wildman–Crippen LogP) is 3.38. The predicted molar refractivity (Wildman–Crippen MR) is 130 cm³/mol. The quantitative estimate of drug-likeness (QED) is 0.327. The van der Waals surface area contributed by atoms with Crippen molar-refractivity contribution >= 4 is 33.4 Å². The van der Waals surface area contributed by atoms with Crippen LogP contribution >= 0.6 is 0 Å². The first-order chi connectivity index (χ1) is 17.3. The van der Waals surface area contributed by atoms with Crippen molar-refractivity contribution in [3.63, 3.8) is 0 Å². The number of benzene rings is 1. The molecule has 0 radical (unpaired) electrons. The number of aromatic amines is 1. The van der Waals surface area contributed by atoms with Crippen molar-refractivity contribution in [1.82, 2.24) is 24.9 Å². The van der Waals surface area contributed by atoms with Gasteiger partial charge in [0.1, 0.15) is 17.6 Å². The molecule has 1 spiro atoms. The molecule has 0 bridgehead atoms. The van der Waals surface area contributed by atoms with Crippen LogP contribution in [-0.2, 0) is 0 Å². The number of aliphatic hydroxyl groups excluding tert-OH is 1. The summed E-state index contributed by atoms with van der Waals surface area (Å²) in [4.78, 5) is 22.5. The summed E-state index contributed by atoms with van der Waals surface area (Å²) in [6.45, 7) is 2.90. The Morgan fingerprint density at radius 2 is 2.03 bits per heavy atom. The highest BCUT2D eigenvalue weighted by Gasteiger charge is 2.49. The van der Waals surface area contributed by atoms with Crippen LogP contribution in [-0.4, -0.2) is 56.2 Å². The Bertz CT molecular complexity index is 1480. The average molecular weight is 497 g/mol. The van der Waals surface area contributed by atoms with Gasteiger partial charge in [-0.25, -0.2) is 18.7 Å². The van der Waals surface area contributed by atoms with E-state index in [1.54, 1.807) is 14.0 Å². The highest BCUT2D eigenvalue weighted by atomic mass is 19.2. The lowest BCUT2D eigenvalue weighted by Crippen LogP contribution is -2.52. The monoisotopic (exact) mass is 496 g/mol. The van der Waals surface area contributed by atoms with Crippen molar-refractivity contribution in [1.29, 1.82) is 0 Å². The second-order valence-electron chi connectivity index (χ2n) is 9.63. The molecule has 4 heterocycles. The lowest BCUT2D eigenvalue weighted by molar-refractivity contribution is 0.122. The smallest absolute Gasteiger partial charge is 0.326 e. The van der Waals surface area contributed by atoms with Gasteiger partial charge >= 0.3 is 6.01 Å². The van der Waals surface area contributed by atoms with Gasteiger partial charge in [-0.1, -0.05) is 0 Å². The van der Waals surface area contributed by atoms with Gasteiger partial charge in [0.2, 0.25) is 0 Å². The summed E-state index contributed by atoms with van der Waals surface area (Å²) in [5.41, 5.74) is 7.44. The number of fused-ring (bicyclic) bond motifs is 3. The van der Waals surface area contributed by atoms with Gasteiger partial charge in [0.15, 0.2) is 23.2 Å². The second kappa shape index (κ2) is 8.20. The van der Waals surface area contributed by atoms with E-state index in [0.717, 1.165) is 25.3 Å². The SMILES string of the molecule is CNc1cc(F)c(F)c2c1[nH]c1nc(Oc3cnc([C@H](C)O)nc3)nc(N3CC[C@]4(CC[C@H]4N)C3)c12. The molecule has 1 aromatic carbocycles. The number of aromatic nitrogens is 5. The van der Waals surface area contributed by atoms with Crippen molar-refractivity contribution in [2.24, 2.45) is 11.1 Å². The van der Waals surface area contributed by atoms with Crippen LogP contribution in [0.2, 0.25) is 0 Å². The van der Waals surface area contributed by atoms with Gasteiger partial charge < -0.3 is 30.8 Å². The summed E-state index contributed by atoms with van der Waals surface area (Å²) in [7, 11) is 1.64. The van der Waals surface area contributed by atoms with E-state index in [-0.39, 0.29) is 34.4 Å². The topological polar surface area (TPSA) is 138 Å². The van der Waals surface area contributed by atoms with E-state index in [0.29, 0.717) is 41.1 Å². The number of nitrogens with one attached hydrogen (secondary N) is 2. The van der Waals surface area contributed by atoms with E-state index in [1.807, 2.05) is 0 Å². The molecule has 1 aliphatic heterocycles. The van der Waals surface area contributed by atoms with Gasteiger partial charge in [0.05, 0.1) is 34.4 Å². The Kier molecular flexibility index (Phi) is 5.20. The molecule has 36 heavy (non-hydrogen) atoms. The fourth-order valence-electron chi connectivity index (χ4n) is 5.33. The summed E-state index contributed by atoms with van der Waals surface area (Å²) in [5.74, 6) is -0.956. The molecule has 188 valence electrons. The van der Waals surface area contributed by atoms with Crippen LogP contribution < -0.4 is 20.7 Å². The van der Waals surface area contributed by atoms with Gasteiger partial charge in [-0.2, -0.15) is 9.97 Å². The summed E-state index contributed by atoms with van der Waals surface area (Å²) >= 11 is 0. The number of ether oxygens (including phenoxy) is 1. The highest BCUT2D eigenvalue weighted by molar-refractivity contribution is 6.15. The summed E-state index contributed by atoms with van der Waals surface area (Å²) in [6, 6.07) is 1.22. The standard InChI is InChI=1S/C24H26F2N8O2/c1-11(35)20-29-8-12(9-30-20)36-23-32-21-17(16-18(26)13(25)7-14(28-2)19(16)31-21)22(33-23)34-6-5-24(10-34)4-3-15(24)27/h7-9,11,15,28,35H,3-6,10,27H2,1-2H3,(H,31,32,33)/t11-,15+,24+/m0/s1. The lowest BCUT2D eigenvalue weighted by Gasteiger charge is -2.44. The Morgan fingerprint density at radius 1 is 1.25 bits per heavy atom. The van der Waals surface area contributed by atoms with Crippen molar-refractivity contribution in [3.8, 4) is 11.8 Å². The van der Waals surface area contributed by atoms with Crippen LogP contribution in [0, 0.1) is 17.0 Å². The molecule has 1 aliphatic carbocycles. The zero-order valence-corrected chi connectivity index (χ0v) is 19.8. The van der Waals surface area contributed by atoms with Crippen LogP contribution in [0.1, 0.15) is 38.1 Å². The maximum Gasteiger partial charge on any atom is 0.326 e. The molecule has 12 heteroatoms. The minimum atomic E-state index is -0.967. The van der Waals surface area contributed by atoms with Gasteiger partial charge in [0.25, 0.3) is 0 Å². The fourth-order valence-corrected chi connectivity index (χ4v) is 5.33. The molecule has 6 rings (SSSR count). The van der Waals surface area contributed by atoms with Gasteiger partial charge in [-0.3, -0.25) is 0 Å². The molecule has 2 aliphatic rings. The first-order valence-corrected chi connectivity index (χ1v) is 11.9. The number of H-pyrrole nitrogens is 1. The van der Waals surface area contributed by atoms with Crippen LogP contribution in [0.5, 0.6) is 11.8 Å². The number of hydrogen-bond donors (Lipinski definition) is 4. The molecule has 3 atom stereocenters. The molecule has 0 unspecified atom stereocenters. The molecule has 1 saturated heterocycles. The number of aliphatic hydroxyl groups is 1. The van der Waals surface area contributed by atoms with Crippen molar-refractivity contribution < 1.29 is 18.6 Å². The number of halogens is 2. The molecule has 10 nitrogen and oxygen atoms in total. The maximum atomic E-state index is 15.2. The van der Waals surface area contributed by atoms with Crippen molar-refractivity contribution in [2.45, 2.75) is 38.3 Å². The molecular formula is C24H26F2N8O2. The molecule has 0 amide bonds. The third-order valence-corrected chi connectivity index (χ3v) is 7.51. The van der Waals surface area contributed by atoms with Crippen LogP contribution in [0.25, 0.3) is 21.9 Å². The first-order valence-electron chi connectivity index (χ1n) is 11.9. The molecule has 5 N–H and O–H groups in total. The summed E-state index contributed by atoms with van der Waals surface area (Å²) in [6.07, 6.45) is 4.91. The molecule has 3 aromatic heterocycles. The van der Waals surface area contributed by atoms with Gasteiger partial charge in [0, 0.05) is 37.7 Å². The maximum absolute atomic E-state index is 15.2. The van der Waals surface area contributed by atoms with Gasteiger partial charge in [-0.05, 0) is 26.2 Å². The van der Waals surface area contributed by atoms with E-state index in [4.69, 9.17) is 10.5 Å².